The lowest BCUT2D eigenvalue weighted by Gasteiger charge is -2.08. The van der Waals surface area contributed by atoms with Crippen molar-refractivity contribution < 1.29 is 8.42 Å². The summed E-state index contributed by atoms with van der Waals surface area (Å²) in [6.07, 6.45) is 3.00. The first-order chi connectivity index (χ1) is 10.5. The summed E-state index contributed by atoms with van der Waals surface area (Å²) in [5.74, 6) is -0.0889. The second-order valence-corrected chi connectivity index (χ2v) is 6.99. The largest absolute Gasteiger partial charge is 0.323 e. The molecule has 0 aliphatic heterocycles. The molecule has 1 unspecified atom stereocenters. The third-order valence-corrected chi connectivity index (χ3v) is 4.92. The van der Waals surface area contributed by atoms with E-state index in [9.17, 15) is 8.42 Å². The van der Waals surface area contributed by atoms with Gasteiger partial charge in [-0.1, -0.05) is 30.3 Å². The fourth-order valence-corrected chi connectivity index (χ4v) is 3.60. The molecular weight excluding hydrogens is 336 g/mol. The maximum atomic E-state index is 12.6. The van der Waals surface area contributed by atoms with E-state index in [-0.39, 0.29) is 24.2 Å². The molecule has 23 heavy (non-hydrogen) atoms. The first-order valence-corrected chi connectivity index (χ1v) is 8.45. The molecule has 3 rings (SSSR count). The van der Waals surface area contributed by atoms with E-state index in [1.54, 1.807) is 25.1 Å². The number of benzene rings is 1. The summed E-state index contributed by atoms with van der Waals surface area (Å²) in [5.41, 5.74) is 7.97. The molecule has 0 aliphatic carbocycles. The molecule has 1 atom stereocenters. The highest BCUT2D eigenvalue weighted by Crippen LogP contribution is 2.18. The van der Waals surface area contributed by atoms with Crippen molar-refractivity contribution >= 4 is 33.6 Å². The van der Waals surface area contributed by atoms with Gasteiger partial charge in [0.05, 0.1) is 17.6 Å². The lowest BCUT2D eigenvalue weighted by Crippen LogP contribution is -2.15. The van der Waals surface area contributed by atoms with Crippen LogP contribution in [0.4, 0.5) is 0 Å². The Hall–Kier alpha value is -1.96. The van der Waals surface area contributed by atoms with Gasteiger partial charge in [-0.15, -0.1) is 12.4 Å². The zero-order chi connectivity index (χ0) is 15.7. The second kappa shape index (κ2) is 6.66. The standard InChI is InChI=1S/C15H16N4O2S.ClH/c1-11(16)14-9-17-15-13(18-14)7-8-19(15)22(20,21)10-12-5-3-2-4-6-12;/h2-9,11H,10,16H2,1H3;1H. The van der Waals surface area contributed by atoms with Crippen molar-refractivity contribution in [2.45, 2.75) is 18.7 Å². The summed E-state index contributed by atoms with van der Waals surface area (Å²) in [6.45, 7) is 1.80. The average Bonchev–Trinajstić information content (AvgIpc) is 2.91. The molecule has 0 fully saturated rings. The molecule has 3 aromatic rings. The average molecular weight is 353 g/mol. The highest BCUT2D eigenvalue weighted by molar-refractivity contribution is 7.89. The third kappa shape index (κ3) is 3.52. The number of halogens is 1. The summed E-state index contributed by atoms with van der Waals surface area (Å²) < 4.78 is 26.3. The van der Waals surface area contributed by atoms with E-state index in [0.717, 1.165) is 5.56 Å². The van der Waals surface area contributed by atoms with Crippen LogP contribution in [0, 0.1) is 0 Å². The maximum absolute atomic E-state index is 12.6. The number of hydrogen-bond acceptors (Lipinski definition) is 5. The number of aromatic nitrogens is 3. The summed E-state index contributed by atoms with van der Waals surface area (Å²) in [7, 11) is -3.55. The summed E-state index contributed by atoms with van der Waals surface area (Å²) in [6, 6.07) is 10.4. The highest BCUT2D eigenvalue weighted by atomic mass is 35.5. The van der Waals surface area contributed by atoms with Crippen LogP contribution >= 0.6 is 12.4 Å². The fraction of sp³-hybridized carbons (Fsp3) is 0.200. The molecule has 0 spiro atoms. The molecule has 2 aromatic heterocycles. The van der Waals surface area contributed by atoms with Crippen molar-refractivity contribution in [2.75, 3.05) is 0 Å². The van der Waals surface area contributed by atoms with E-state index in [1.165, 1.54) is 16.4 Å². The maximum Gasteiger partial charge on any atom is 0.244 e. The Morgan fingerprint density at radius 3 is 2.57 bits per heavy atom. The smallest absolute Gasteiger partial charge is 0.244 e. The molecule has 2 N–H and O–H groups in total. The SMILES string of the molecule is CC(N)c1cnc2c(ccn2S(=O)(=O)Cc2ccccc2)n1.Cl. The van der Waals surface area contributed by atoms with Crippen LogP contribution in [0.5, 0.6) is 0 Å². The zero-order valence-electron chi connectivity index (χ0n) is 12.5. The van der Waals surface area contributed by atoms with Gasteiger partial charge in [-0.05, 0) is 18.6 Å². The van der Waals surface area contributed by atoms with Crippen molar-refractivity contribution in [2.24, 2.45) is 5.73 Å². The first kappa shape index (κ1) is 17.4. The van der Waals surface area contributed by atoms with Gasteiger partial charge in [0.1, 0.15) is 5.52 Å². The van der Waals surface area contributed by atoms with Crippen LogP contribution < -0.4 is 5.73 Å². The molecule has 0 bridgehead atoms. The molecule has 0 amide bonds. The minimum absolute atomic E-state index is 0. The molecule has 0 saturated heterocycles. The van der Waals surface area contributed by atoms with Gasteiger partial charge in [0.15, 0.2) is 5.65 Å². The highest BCUT2D eigenvalue weighted by Gasteiger charge is 2.18. The number of fused-ring (bicyclic) bond motifs is 1. The van der Waals surface area contributed by atoms with Crippen LogP contribution in [-0.2, 0) is 15.8 Å². The van der Waals surface area contributed by atoms with Gasteiger partial charge in [-0.3, -0.25) is 0 Å². The van der Waals surface area contributed by atoms with E-state index in [2.05, 4.69) is 9.97 Å². The molecule has 8 heteroatoms. The molecule has 0 aliphatic rings. The normalized spacial score (nSPS) is 12.8. The van der Waals surface area contributed by atoms with Gasteiger partial charge in [-0.25, -0.2) is 22.4 Å². The van der Waals surface area contributed by atoms with Crippen LogP contribution in [0.1, 0.15) is 24.2 Å². The van der Waals surface area contributed by atoms with Crippen LogP contribution in [0.25, 0.3) is 11.2 Å². The number of nitrogens with two attached hydrogens (primary N) is 1. The number of rotatable bonds is 4. The summed E-state index contributed by atoms with van der Waals surface area (Å²) in [4.78, 5) is 8.55. The quantitative estimate of drug-likeness (QED) is 0.777. The van der Waals surface area contributed by atoms with Crippen molar-refractivity contribution in [3.05, 3.63) is 60.0 Å². The van der Waals surface area contributed by atoms with Crippen molar-refractivity contribution in [1.29, 1.82) is 0 Å². The van der Waals surface area contributed by atoms with Crippen molar-refractivity contribution in [1.82, 2.24) is 13.9 Å². The summed E-state index contributed by atoms with van der Waals surface area (Å²) >= 11 is 0. The first-order valence-electron chi connectivity index (χ1n) is 6.84. The fourth-order valence-electron chi connectivity index (χ4n) is 2.20. The molecule has 6 nitrogen and oxygen atoms in total. The Morgan fingerprint density at radius 1 is 1.22 bits per heavy atom. The lowest BCUT2D eigenvalue weighted by atomic mass is 10.2. The van der Waals surface area contributed by atoms with Gasteiger partial charge in [0.25, 0.3) is 0 Å². The minimum atomic E-state index is -3.55. The van der Waals surface area contributed by atoms with Crippen LogP contribution in [0.2, 0.25) is 0 Å². The Bertz CT molecular complexity index is 908. The molecule has 0 saturated carbocycles. The van der Waals surface area contributed by atoms with Crippen molar-refractivity contribution in [3.63, 3.8) is 0 Å². The predicted octanol–water partition coefficient (Wildman–Crippen LogP) is 2.25. The predicted molar refractivity (Wildman–Crippen MR) is 91.8 cm³/mol. The van der Waals surface area contributed by atoms with E-state index >= 15 is 0 Å². The molecule has 122 valence electrons. The Kier molecular flexibility index (Phi) is 5.03. The van der Waals surface area contributed by atoms with E-state index in [1.807, 2.05) is 18.2 Å². The second-order valence-electron chi connectivity index (χ2n) is 5.15. The van der Waals surface area contributed by atoms with Gasteiger partial charge in [0, 0.05) is 12.2 Å². The van der Waals surface area contributed by atoms with Crippen LogP contribution in [0.3, 0.4) is 0 Å². The van der Waals surface area contributed by atoms with Gasteiger partial charge >= 0.3 is 0 Å². The Morgan fingerprint density at radius 2 is 1.91 bits per heavy atom. The Balaban J connectivity index is 0.00000192. The monoisotopic (exact) mass is 352 g/mol. The topological polar surface area (TPSA) is 90.9 Å². The van der Waals surface area contributed by atoms with Gasteiger partial charge in [-0.2, -0.15) is 0 Å². The minimum Gasteiger partial charge on any atom is -0.323 e. The molecule has 1 aromatic carbocycles. The lowest BCUT2D eigenvalue weighted by molar-refractivity contribution is 0.588. The molecule has 0 radical (unpaired) electrons. The van der Waals surface area contributed by atoms with E-state index in [0.29, 0.717) is 16.9 Å². The van der Waals surface area contributed by atoms with Gasteiger partial charge < -0.3 is 5.73 Å². The van der Waals surface area contributed by atoms with Crippen molar-refractivity contribution in [3.8, 4) is 0 Å². The van der Waals surface area contributed by atoms with E-state index in [4.69, 9.17) is 5.73 Å². The van der Waals surface area contributed by atoms with Crippen LogP contribution in [-0.4, -0.2) is 22.4 Å². The Labute approximate surface area is 140 Å². The third-order valence-electron chi connectivity index (χ3n) is 3.33. The van der Waals surface area contributed by atoms with E-state index < -0.39 is 10.0 Å². The number of hydrogen-bond donors (Lipinski definition) is 1. The van der Waals surface area contributed by atoms with Crippen LogP contribution in [0.15, 0.2) is 48.8 Å². The van der Waals surface area contributed by atoms with Gasteiger partial charge in [0.2, 0.25) is 10.0 Å². The zero-order valence-corrected chi connectivity index (χ0v) is 14.1. The number of nitrogens with zero attached hydrogens (tertiary/aromatic N) is 3. The molecular formula is C15H17ClN4O2S. The summed E-state index contributed by atoms with van der Waals surface area (Å²) in [5, 5.41) is 0. The molecule has 2 heterocycles.